The first-order valence-electron chi connectivity index (χ1n) is 9.03. The number of amides is 1. The number of nitrogens with zero attached hydrogens (tertiary/aromatic N) is 3. The van der Waals surface area contributed by atoms with E-state index in [-0.39, 0.29) is 5.91 Å². The molecule has 1 N–H and O–H groups in total. The summed E-state index contributed by atoms with van der Waals surface area (Å²) in [7, 11) is 0. The second-order valence-electron chi connectivity index (χ2n) is 7.11. The number of hydrogen-bond acceptors (Lipinski definition) is 4. The van der Waals surface area contributed by atoms with Gasteiger partial charge in [0.25, 0.3) is 5.91 Å². The second kappa shape index (κ2) is 7.64. The molecule has 1 amide bonds. The number of likely N-dealkylation sites (tertiary alicyclic amines) is 1. The average Bonchev–Trinajstić information content (AvgIpc) is 2.62. The van der Waals surface area contributed by atoms with Gasteiger partial charge in [0.1, 0.15) is 5.69 Å². The Morgan fingerprint density at radius 1 is 1.20 bits per heavy atom. The first kappa shape index (κ1) is 17.4. The molecule has 5 nitrogen and oxygen atoms in total. The van der Waals surface area contributed by atoms with Crippen molar-refractivity contribution in [3.05, 3.63) is 47.8 Å². The molecule has 1 aromatic carbocycles. The molecule has 25 heavy (non-hydrogen) atoms. The van der Waals surface area contributed by atoms with E-state index in [0.29, 0.717) is 23.5 Å². The summed E-state index contributed by atoms with van der Waals surface area (Å²) < 4.78 is 0. The highest BCUT2D eigenvalue weighted by atomic mass is 16.2. The van der Waals surface area contributed by atoms with Crippen LogP contribution in [0.15, 0.2) is 36.5 Å². The molecule has 1 aromatic heterocycles. The minimum atomic E-state index is -0.00510. The van der Waals surface area contributed by atoms with E-state index in [4.69, 9.17) is 0 Å². The van der Waals surface area contributed by atoms with Crippen molar-refractivity contribution in [2.24, 2.45) is 5.92 Å². The van der Waals surface area contributed by atoms with Crippen molar-refractivity contribution in [3.8, 4) is 0 Å². The third kappa shape index (κ3) is 4.16. The quantitative estimate of drug-likeness (QED) is 0.907. The molecule has 0 radical (unpaired) electrons. The Morgan fingerprint density at radius 2 is 1.92 bits per heavy atom. The Balaban J connectivity index is 1.77. The maximum atomic E-state index is 12.7. The molecule has 0 saturated carbocycles. The van der Waals surface area contributed by atoms with E-state index < -0.39 is 0 Å². The Kier molecular flexibility index (Phi) is 5.31. The Labute approximate surface area is 149 Å². The van der Waals surface area contributed by atoms with Crippen LogP contribution < -0.4 is 5.32 Å². The van der Waals surface area contributed by atoms with Gasteiger partial charge in [0.2, 0.25) is 5.95 Å². The maximum Gasteiger partial charge on any atom is 0.272 e. The molecule has 2 heterocycles. The predicted molar refractivity (Wildman–Crippen MR) is 100 cm³/mol. The van der Waals surface area contributed by atoms with Crippen molar-refractivity contribution < 1.29 is 4.79 Å². The molecular weight excluding hydrogens is 312 g/mol. The third-order valence-corrected chi connectivity index (χ3v) is 4.77. The number of benzene rings is 1. The third-order valence-electron chi connectivity index (χ3n) is 4.77. The molecule has 0 bridgehead atoms. The number of piperidine rings is 1. The summed E-state index contributed by atoms with van der Waals surface area (Å²) in [5.41, 5.74) is 2.64. The van der Waals surface area contributed by atoms with Crippen LogP contribution in [0.2, 0.25) is 0 Å². The van der Waals surface area contributed by atoms with E-state index in [1.54, 1.807) is 12.3 Å². The van der Waals surface area contributed by atoms with Gasteiger partial charge in [0.05, 0.1) is 0 Å². The van der Waals surface area contributed by atoms with Gasteiger partial charge in [-0.05, 0) is 42.4 Å². The van der Waals surface area contributed by atoms with Crippen molar-refractivity contribution in [2.75, 3.05) is 18.4 Å². The molecule has 0 spiro atoms. The van der Waals surface area contributed by atoms with Gasteiger partial charge in [-0.3, -0.25) is 4.79 Å². The lowest BCUT2D eigenvalue weighted by Gasteiger charge is -2.30. The molecule has 1 aliphatic rings. The summed E-state index contributed by atoms with van der Waals surface area (Å²) >= 11 is 0. The number of carbonyl (C=O) groups excluding carboxylic acids is 1. The first-order valence-corrected chi connectivity index (χ1v) is 9.03. The lowest BCUT2D eigenvalue weighted by molar-refractivity contribution is 0.0691. The smallest absolute Gasteiger partial charge is 0.272 e. The van der Waals surface area contributed by atoms with E-state index in [2.05, 4.69) is 42.1 Å². The zero-order chi connectivity index (χ0) is 17.8. The normalized spacial score (nSPS) is 15.4. The van der Waals surface area contributed by atoms with Crippen LogP contribution in [0.25, 0.3) is 0 Å². The first-order chi connectivity index (χ1) is 12.0. The van der Waals surface area contributed by atoms with Crippen LogP contribution in [0.3, 0.4) is 0 Å². The molecule has 5 heteroatoms. The van der Waals surface area contributed by atoms with Gasteiger partial charge in [-0.25, -0.2) is 9.97 Å². The van der Waals surface area contributed by atoms with Crippen LogP contribution in [-0.2, 0) is 0 Å². The fourth-order valence-corrected chi connectivity index (χ4v) is 3.15. The molecule has 1 aliphatic heterocycles. The zero-order valence-corrected chi connectivity index (χ0v) is 15.2. The second-order valence-corrected chi connectivity index (χ2v) is 7.11. The number of aromatic nitrogens is 2. The van der Waals surface area contributed by atoms with E-state index in [9.17, 15) is 4.79 Å². The number of rotatable bonds is 4. The molecule has 2 aromatic rings. The minimum Gasteiger partial charge on any atom is -0.337 e. The molecule has 1 saturated heterocycles. The summed E-state index contributed by atoms with van der Waals surface area (Å²) in [6.45, 7) is 8.16. The molecule has 0 atom stereocenters. The Hall–Kier alpha value is -2.43. The van der Waals surface area contributed by atoms with Crippen LogP contribution in [0, 0.1) is 5.92 Å². The summed E-state index contributed by atoms with van der Waals surface area (Å²) in [6, 6.07) is 9.81. The molecular formula is C20H26N4O. The highest BCUT2D eigenvalue weighted by molar-refractivity contribution is 5.92. The van der Waals surface area contributed by atoms with Crippen LogP contribution in [-0.4, -0.2) is 33.9 Å². The van der Waals surface area contributed by atoms with Gasteiger partial charge < -0.3 is 10.2 Å². The highest BCUT2D eigenvalue weighted by Crippen LogP contribution is 2.25. The predicted octanol–water partition coefficient (Wildman–Crippen LogP) is 4.22. The summed E-state index contributed by atoms with van der Waals surface area (Å²) in [5, 5.41) is 3.27. The van der Waals surface area contributed by atoms with Crippen LogP contribution >= 0.6 is 0 Å². The van der Waals surface area contributed by atoms with Gasteiger partial charge in [0.15, 0.2) is 0 Å². The van der Waals surface area contributed by atoms with E-state index in [1.807, 2.05) is 23.1 Å². The molecule has 3 rings (SSSR count). The van der Waals surface area contributed by atoms with Crippen LogP contribution in [0.1, 0.15) is 55.6 Å². The lowest BCUT2D eigenvalue weighted by Crippen LogP contribution is -2.38. The van der Waals surface area contributed by atoms with Gasteiger partial charge in [0, 0.05) is 25.0 Å². The number of carbonyl (C=O) groups is 1. The van der Waals surface area contributed by atoms with Crippen molar-refractivity contribution in [1.29, 1.82) is 0 Å². The Morgan fingerprint density at radius 3 is 2.64 bits per heavy atom. The van der Waals surface area contributed by atoms with Crippen molar-refractivity contribution in [3.63, 3.8) is 0 Å². The average molecular weight is 338 g/mol. The van der Waals surface area contributed by atoms with Gasteiger partial charge in [-0.1, -0.05) is 39.0 Å². The monoisotopic (exact) mass is 338 g/mol. The zero-order valence-electron chi connectivity index (χ0n) is 15.2. The standard InChI is InChI=1S/C20H26N4O/c1-14(2)16-6-4-5-7-17(16)22-20-21-11-8-18(23-20)19(25)24-12-9-15(3)10-13-24/h4-8,11,14-15H,9-10,12-13H2,1-3H3,(H,21,22,23). The summed E-state index contributed by atoms with van der Waals surface area (Å²) in [6.07, 6.45) is 3.76. The SMILES string of the molecule is CC1CCN(C(=O)c2ccnc(Nc3ccccc3C(C)C)n2)CC1. The highest BCUT2D eigenvalue weighted by Gasteiger charge is 2.22. The summed E-state index contributed by atoms with van der Waals surface area (Å²) in [4.78, 5) is 23.3. The van der Waals surface area contributed by atoms with Gasteiger partial charge in [-0.2, -0.15) is 0 Å². The topological polar surface area (TPSA) is 58.1 Å². The number of anilines is 2. The largest absolute Gasteiger partial charge is 0.337 e. The number of hydrogen-bond donors (Lipinski definition) is 1. The maximum absolute atomic E-state index is 12.7. The van der Waals surface area contributed by atoms with Crippen LogP contribution in [0.5, 0.6) is 0 Å². The van der Waals surface area contributed by atoms with Gasteiger partial charge >= 0.3 is 0 Å². The lowest BCUT2D eigenvalue weighted by atomic mass is 9.99. The Bertz CT molecular complexity index is 736. The van der Waals surface area contributed by atoms with Crippen molar-refractivity contribution >= 4 is 17.5 Å². The molecule has 132 valence electrons. The van der Waals surface area contributed by atoms with E-state index in [0.717, 1.165) is 31.6 Å². The fourth-order valence-electron chi connectivity index (χ4n) is 3.15. The van der Waals surface area contributed by atoms with Crippen molar-refractivity contribution in [1.82, 2.24) is 14.9 Å². The van der Waals surface area contributed by atoms with E-state index in [1.165, 1.54) is 5.56 Å². The van der Waals surface area contributed by atoms with Crippen molar-refractivity contribution in [2.45, 2.75) is 39.5 Å². The molecule has 0 aliphatic carbocycles. The number of nitrogens with one attached hydrogen (secondary N) is 1. The fraction of sp³-hybridized carbons (Fsp3) is 0.450. The van der Waals surface area contributed by atoms with Crippen LogP contribution in [0.4, 0.5) is 11.6 Å². The number of para-hydroxylation sites is 1. The van der Waals surface area contributed by atoms with E-state index >= 15 is 0 Å². The summed E-state index contributed by atoms with van der Waals surface area (Å²) in [5.74, 6) is 1.54. The van der Waals surface area contributed by atoms with Gasteiger partial charge in [-0.15, -0.1) is 0 Å². The minimum absolute atomic E-state index is 0.00510. The molecule has 1 fully saturated rings. The molecule has 0 unspecified atom stereocenters.